The van der Waals surface area contributed by atoms with E-state index in [1.807, 2.05) is 25.1 Å². The van der Waals surface area contributed by atoms with E-state index in [-0.39, 0.29) is 5.82 Å². The van der Waals surface area contributed by atoms with Crippen LogP contribution >= 0.6 is 47.2 Å². The standard InChI is InChI=1S/C17H17Cl2FN2S2/c1-11-5-6-12(9-15(11)19)22-17(23)21-7-8-24-10-13-14(18)3-2-4-16(13)20/h2-6,9H,7-8,10H2,1H3,(H2,21,22,23). The number of nitrogens with one attached hydrogen (secondary N) is 2. The van der Waals surface area contributed by atoms with Crippen LogP contribution in [0, 0.1) is 12.7 Å². The number of thiocarbonyl (C=S) groups is 1. The van der Waals surface area contributed by atoms with Gasteiger partial charge in [-0.1, -0.05) is 35.3 Å². The molecule has 2 aromatic carbocycles. The first-order chi connectivity index (χ1) is 11.5. The summed E-state index contributed by atoms with van der Waals surface area (Å²) in [6, 6.07) is 10.4. The number of benzene rings is 2. The number of rotatable bonds is 6. The molecule has 0 aliphatic rings. The van der Waals surface area contributed by atoms with E-state index >= 15 is 0 Å². The van der Waals surface area contributed by atoms with E-state index in [1.54, 1.807) is 23.9 Å². The van der Waals surface area contributed by atoms with Gasteiger partial charge >= 0.3 is 0 Å². The van der Waals surface area contributed by atoms with Gasteiger partial charge in [0.2, 0.25) is 0 Å². The van der Waals surface area contributed by atoms with Gasteiger partial charge in [0.15, 0.2) is 5.11 Å². The Balaban J connectivity index is 1.70. The molecule has 0 heterocycles. The highest BCUT2D eigenvalue weighted by Gasteiger charge is 2.06. The van der Waals surface area contributed by atoms with Crippen molar-refractivity contribution in [2.45, 2.75) is 12.7 Å². The molecule has 7 heteroatoms. The summed E-state index contributed by atoms with van der Waals surface area (Å²) in [5.41, 5.74) is 2.40. The fourth-order valence-corrected chi connectivity index (χ4v) is 3.52. The van der Waals surface area contributed by atoms with Crippen molar-refractivity contribution in [1.29, 1.82) is 0 Å². The highest BCUT2D eigenvalue weighted by Crippen LogP contribution is 2.23. The summed E-state index contributed by atoms with van der Waals surface area (Å²) in [5, 5.41) is 7.88. The predicted molar refractivity (Wildman–Crippen MR) is 108 cm³/mol. The minimum atomic E-state index is -0.267. The van der Waals surface area contributed by atoms with Crippen molar-refractivity contribution in [3.05, 3.63) is 63.4 Å². The van der Waals surface area contributed by atoms with E-state index in [2.05, 4.69) is 10.6 Å². The van der Waals surface area contributed by atoms with Crippen LogP contribution in [0.4, 0.5) is 10.1 Å². The molecule has 24 heavy (non-hydrogen) atoms. The van der Waals surface area contributed by atoms with Gasteiger partial charge in [0, 0.05) is 39.3 Å². The molecule has 0 fully saturated rings. The van der Waals surface area contributed by atoms with Crippen molar-refractivity contribution in [3.8, 4) is 0 Å². The molecule has 0 bridgehead atoms. The van der Waals surface area contributed by atoms with E-state index in [4.69, 9.17) is 35.4 Å². The lowest BCUT2D eigenvalue weighted by Crippen LogP contribution is -2.30. The molecule has 0 spiro atoms. The van der Waals surface area contributed by atoms with Gasteiger partial charge in [-0.15, -0.1) is 0 Å². The average Bonchev–Trinajstić information content (AvgIpc) is 2.53. The Morgan fingerprint density at radius 2 is 2.00 bits per heavy atom. The molecular formula is C17H17Cl2FN2S2. The Hall–Kier alpha value is -1.01. The summed E-state index contributed by atoms with van der Waals surface area (Å²) in [6.07, 6.45) is 0. The quantitative estimate of drug-likeness (QED) is 0.480. The summed E-state index contributed by atoms with van der Waals surface area (Å²) in [4.78, 5) is 0. The Bertz CT molecular complexity index is 705. The maximum Gasteiger partial charge on any atom is 0.170 e. The van der Waals surface area contributed by atoms with Crippen LogP contribution in [0.5, 0.6) is 0 Å². The highest BCUT2D eigenvalue weighted by atomic mass is 35.5. The number of thioether (sulfide) groups is 1. The zero-order valence-corrected chi connectivity index (χ0v) is 16.2. The van der Waals surface area contributed by atoms with Crippen molar-refractivity contribution in [2.24, 2.45) is 0 Å². The monoisotopic (exact) mass is 402 g/mol. The van der Waals surface area contributed by atoms with E-state index in [9.17, 15) is 4.39 Å². The number of hydrogen-bond donors (Lipinski definition) is 2. The lowest BCUT2D eigenvalue weighted by molar-refractivity contribution is 0.617. The fourth-order valence-electron chi connectivity index (χ4n) is 1.93. The van der Waals surface area contributed by atoms with Crippen LogP contribution in [0.2, 0.25) is 10.0 Å². The molecule has 2 aromatic rings. The average molecular weight is 403 g/mol. The summed E-state index contributed by atoms with van der Waals surface area (Å²) >= 11 is 18.9. The minimum Gasteiger partial charge on any atom is -0.362 e. The Morgan fingerprint density at radius 1 is 1.21 bits per heavy atom. The SMILES string of the molecule is Cc1ccc(NC(=S)NCCSCc2c(F)cccc2Cl)cc1Cl. The number of halogens is 3. The van der Waals surface area contributed by atoms with Gasteiger partial charge in [-0.05, 0) is 49.0 Å². The number of anilines is 1. The van der Waals surface area contributed by atoms with E-state index in [0.29, 0.717) is 33.0 Å². The van der Waals surface area contributed by atoms with Gasteiger partial charge in [0.25, 0.3) is 0 Å². The van der Waals surface area contributed by atoms with Gasteiger partial charge < -0.3 is 10.6 Å². The molecule has 0 aliphatic heterocycles. The molecule has 0 aliphatic carbocycles. The topological polar surface area (TPSA) is 24.1 Å². The first-order valence-electron chi connectivity index (χ1n) is 7.29. The van der Waals surface area contributed by atoms with E-state index < -0.39 is 0 Å². The normalized spacial score (nSPS) is 10.5. The lowest BCUT2D eigenvalue weighted by atomic mass is 10.2. The van der Waals surface area contributed by atoms with Gasteiger partial charge in [0.05, 0.1) is 0 Å². The first-order valence-corrected chi connectivity index (χ1v) is 9.61. The number of hydrogen-bond acceptors (Lipinski definition) is 2. The molecule has 0 saturated carbocycles. The third-order valence-corrected chi connectivity index (χ3v) is 5.26. The predicted octanol–water partition coefficient (Wildman–Crippen LogP) is 5.66. The molecular weight excluding hydrogens is 386 g/mol. The van der Waals surface area contributed by atoms with Crippen LogP contribution < -0.4 is 10.6 Å². The van der Waals surface area contributed by atoms with Gasteiger partial charge in [-0.2, -0.15) is 11.8 Å². The Morgan fingerprint density at radius 3 is 2.71 bits per heavy atom. The second kappa shape index (κ2) is 9.47. The summed E-state index contributed by atoms with van der Waals surface area (Å²) in [7, 11) is 0. The van der Waals surface area contributed by atoms with E-state index in [1.165, 1.54) is 6.07 Å². The third-order valence-electron chi connectivity index (χ3n) is 3.27. The Kier molecular flexibility index (Phi) is 7.62. The van der Waals surface area contributed by atoms with Crippen molar-refractivity contribution in [1.82, 2.24) is 5.32 Å². The van der Waals surface area contributed by atoms with Crippen LogP contribution in [0.15, 0.2) is 36.4 Å². The fraction of sp³-hybridized carbons (Fsp3) is 0.235. The van der Waals surface area contributed by atoms with Gasteiger partial charge in [0.1, 0.15) is 5.82 Å². The molecule has 2 N–H and O–H groups in total. The zero-order valence-electron chi connectivity index (χ0n) is 13.0. The summed E-state index contributed by atoms with van der Waals surface area (Å²) in [5.74, 6) is 1.04. The maximum absolute atomic E-state index is 13.6. The third kappa shape index (κ3) is 5.81. The molecule has 2 rings (SSSR count). The smallest absolute Gasteiger partial charge is 0.170 e. The summed E-state index contributed by atoms with van der Waals surface area (Å²) < 4.78 is 13.6. The molecule has 0 aromatic heterocycles. The molecule has 2 nitrogen and oxygen atoms in total. The molecule has 0 radical (unpaired) electrons. The van der Waals surface area contributed by atoms with Crippen molar-refractivity contribution >= 4 is 58.0 Å². The van der Waals surface area contributed by atoms with Crippen molar-refractivity contribution in [3.63, 3.8) is 0 Å². The first kappa shape index (κ1) is 19.3. The molecule has 128 valence electrons. The van der Waals surface area contributed by atoms with Crippen molar-refractivity contribution in [2.75, 3.05) is 17.6 Å². The lowest BCUT2D eigenvalue weighted by Gasteiger charge is -2.11. The van der Waals surface area contributed by atoms with Crippen LogP contribution in [0.1, 0.15) is 11.1 Å². The highest BCUT2D eigenvalue weighted by molar-refractivity contribution is 7.98. The zero-order chi connectivity index (χ0) is 17.5. The van der Waals surface area contributed by atoms with Crippen molar-refractivity contribution < 1.29 is 4.39 Å². The molecule has 0 saturated heterocycles. The maximum atomic E-state index is 13.6. The molecule has 0 amide bonds. The minimum absolute atomic E-state index is 0.267. The second-order valence-corrected chi connectivity index (χ2v) is 7.43. The Labute approximate surface area is 161 Å². The van der Waals surface area contributed by atoms with Gasteiger partial charge in [-0.25, -0.2) is 4.39 Å². The second-order valence-electron chi connectivity index (χ2n) is 5.10. The van der Waals surface area contributed by atoms with Crippen LogP contribution in [0.25, 0.3) is 0 Å². The van der Waals surface area contributed by atoms with Gasteiger partial charge in [-0.3, -0.25) is 0 Å². The van der Waals surface area contributed by atoms with Crippen LogP contribution in [-0.4, -0.2) is 17.4 Å². The van der Waals surface area contributed by atoms with Crippen LogP contribution in [0.3, 0.4) is 0 Å². The molecule has 0 atom stereocenters. The van der Waals surface area contributed by atoms with Crippen LogP contribution in [-0.2, 0) is 5.75 Å². The largest absolute Gasteiger partial charge is 0.362 e. The molecule has 0 unspecified atom stereocenters. The summed E-state index contributed by atoms with van der Waals surface area (Å²) in [6.45, 7) is 2.61. The van der Waals surface area contributed by atoms with E-state index in [0.717, 1.165) is 17.0 Å². The number of aryl methyl sites for hydroxylation is 1.